The summed E-state index contributed by atoms with van der Waals surface area (Å²) >= 11 is 0. The minimum Gasteiger partial charge on any atom is -0.389 e. The lowest BCUT2D eigenvalue weighted by molar-refractivity contribution is 0.198. The van der Waals surface area contributed by atoms with Crippen molar-refractivity contribution in [3.63, 3.8) is 0 Å². The van der Waals surface area contributed by atoms with Crippen molar-refractivity contribution in [3.05, 3.63) is 18.6 Å². The Balaban J connectivity index is 2.58. The number of hydrogen-bond acceptors (Lipinski definition) is 5. The fourth-order valence-electron chi connectivity index (χ4n) is 0.463. The molecule has 0 saturated carbocycles. The van der Waals surface area contributed by atoms with Gasteiger partial charge in [-0.3, -0.25) is 10.4 Å². The number of nitrogens with zero attached hydrogens (tertiary/aromatic N) is 2. The number of ether oxygens (including phenoxy) is 1. The Morgan fingerprint density at radius 1 is 1.64 bits per heavy atom. The van der Waals surface area contributed by atoms with Gasteiger partial charge in [-0.05, 0) is 0 Å². The molecule has 0 aromatic carbocycles. The van der Waals surface area contributed by atoms with E-state index in [1.165, 1.54) is 18.6 Å². The molecule has 1 rings (SSSR count). The number of nitrogens with one attached hydrogen (secondary N) is 1. The summed E-state index contributed by atoms with van der Waals surface area (Å²) in [5.41, 5.74) is 1.78. The van der Waals surface area contributed by atoms with E-state index in [0.29, 0.717) is 0 Å². The van der Waals surface area contributed by atoms with E-state index in [0.717, 1.165) is 0 Å². The van der Waals surface area contributed by atoms with Gasteiger partial charge in [0, 0.05) is 12.4 Å². The molecule has 1 aromatic heterocycles. The summed E-state index contributed by atoms with van der Waals surface area (Å²) in [6, 6.07) is 0. The number of nitrogens with two attached hydrogens (primary N) is 1. The van der Waals surface area contributed by atoms with Crippen LogP contribution in [0, 0.1) is 0 Å². The van der Waals surface area contributed by atoms with Gasteiger partial charge in [0.1, 0.15) is 0 Å². The lowest BCUT2D eigenvalue weighted by atomic mass is 10.7. The SMILES string of the molecule is NNC(=O)Oc1cnccn1. The van der Waals surface area contributed by atoms with Gasteiger partial charge in [-0.1, -0.05) is 0 Å². The van der Waals surface area contributed by atoms with E-state index >= 15 is 0 Å². The molecule has 1 amide bonds. The molecular weight excluding hydrogens is 148 g/mol. The van der Waals surface area contributed by atoms with Crippen molar-refractivity contribution in [2.45, 2.75) is 0 Å². The molecule has 1 aromatic rings. The predicted molar refractivity (Wildman–Crippen MR) is 35.4 cm³/mol. The Labute approximate surface area is 62.4 Å². The first-order chi connectivity index (χ1) is 5.33. The molecule has 0 aliphatic carbocycles. The van der Waals surface area contributed by atoms with E-state index in [4.69, 9.17) is 5.84 Å². The highest BCUT2D eigenvalue weighted by Gasteiger charge is 2.00. The van der Waals surface area contributed by atoms with Gasteiger partial charge in [-0.25, -0.2) is 15.6 Å². The second-order valence-electron chi connectivity index (χ2n) is 1.58. The minimum absolute atomic E-state index is 0.107. The van der Waals surface area contributed by atoms with Crippen molar-refractivity contribution in [2.24, 2.45) is 5.84 Å². The van der Waals surface area contributed by atoms with Crippen molar-refractivity contribution in [2.75, 3.05) is 0 Å². The van der Waals surface area contributed by atoms with Gasteiger partial charge in [0.2, 0.25) is 5.88 Å². The molecular formula is C5H6N4O2. The fourth-order valence-corrected chi connectivity index (χ4v) is 0.463. The summed E-state index contributed by atoms with van der Waals surface area (Å²) in [4.78, 5) is 17.8. The first-order valence-corrected chi connectivity index (χ1v) is 2.77. The second kappa shape index (κ2) is 3.47. The summed E-state index contributed by atoms with van der Waals surface area (Å²) in [6.45, 7) is 0. The molecule has 0 spiro atoms. The monoisotopic (exact) mass is 154 g/mol. The van der Waals surface area contributed by atoms with Gasteiger partial charge in [-0.2, -0.15) is 0 Å². The number of aromatic nitrogens is 2. The number of carbonyl (C=O) groups excluding carboxylic acids is 1. The molecule has 6 nitrogen and oxygen atoms in total. The lowest BCUT2D eigenvalue weighted by Crippen LogP contribution is -2.33. The fraction of sp³-hybridized carbons (Fsp3) is 0. The molecule has 0 bridgehead atoms. The van der Waals surface area contributed by atoms with Crippen LogP contribution in [0.4, 0.5) is 4.79 Å². The second-order valence-corrected chi connectivity index (χ2v) is 1.58. The maximum absolute atomic E-state index is 10.5. The van der Waals surface area contributed by atoms with E-state index in [2.05, 4.69) is 14.7 Å². The highest BCUT2D eigenvalue weighted by Crippen LogP contribution is 1.99. The molecule has 0 atom stereocenters. The summed E-state index contributed by atoms with van der Waals surface area (Å²) < 4.78 is 4.51. The van der Waals surface area contributed by atoms with Gasteiger partial charge in [0.15, 0.2) is 0 Å². The molecule has 0 aliphatic rings. The minimum atomic E-state index is -0.773. The number of amides is 1. The topological polar surface area (TPSA) is 90.1 Å². The van der Waals surface area contributed by atoms with Gasteiger partial charge in [0.05, 0.1) is 6.20 Å². The van der Waals surface area contributed by atoms with Crippen molar-refractivity contribution in [3.8, 4) is 5.88 Å². The quantitative estimate of drug-likeness (QED) is 0.321. The third-order valence-electron chi connectivity index (χ3n) is 0.855. The van der Waals surface area contributed by atoms with Gasteiger partial charge in [-0.15, -0.1) is 0 Å². The third-order valence-corrected chi connectivity index (χ3v) is 0.855. The zero-order chi connectivity index (χ0) is 8.10. The van der Waals surface area contributed by atoms with Gasteiger partial charge in [0.25, 0.3) is 0 Å². The van der Waals surface area contributed by atoms with Crippen LogP contribution < -0.4 is 16.0 Å². The Hall–Kier alpha value is -1.69. The van der Waals surface area contributed by atoms with Crippen LogP contribution >= 0.6 is 0 Å². The zero-order valence-corrected chi connectivity index (χ0v) is 5.52. The highest BCUT2D eigenvalue weighted by molar-refractivity contribution is 5.68. The Kier molecular flexibility index (Phi) is 2.34. The van der Waals surface area contributed by atoms with Crippen molar-refractivity contribution in [1.82, 2.24) is 15.4 Å². The van der Waals surface area contributed by atoms with E-state index in [1.807, 2.05) is 0 Å². The van der Waals surface area contributed by atoms with Crippen LogP contribution in [0.2, 0.25) is 0 Å². The van der Waals surface area contributed by atoms with Crippen LogP contribution in [0.5, 0.6) is 5.88 Å². The predicted octanol–water partition coefficient (Wildman–Crippen LogP) is -0.561. The first-order valence-electron chi connectivity index (χ1n) is 2.77. The van der Waals surface area contributed by atoms with Crippen LogP contribution in [0.1, 0.15) is 0 Å². The lowest BCUT2D eigenvalue weighted by Gasteiger charge is -1.98. The van der Waals surface area contributed by atoms with Crippen molar-refractivity contribution in [1.29, 1.82) is 0 Å². The Morgan fingerprint density at radius 3 is 3.00 bits per heavy atom. The average molecular weight is 154 g/mol. The number of hydrazine groups is 1. The number of hydrogen-bond donors (Lipinski definition) is 2. The Morgan fingerprint density at radius 2 is 2.45 bits per heavy atom. The molecule has 0 unspecified atom stereocenters. The molecule has 0 saturated heterocycles. The number of rotatable bonds is 1. The smallest absolute Gasteiger partial charge is 0.389 e. The van der Waals surface area contributed by atoms with E-state index < -0.39 is 6.09 Å². The molecule has 11 heavy (non-hydrogen) atoms. The van der Waals surface area contributed by atoms with Crippen LogP contribution in [0.3, 0.4) is 0 Å². The summed E-state index contributed by atoms with van der Waals surface area (Å²) in [7, 11) is 0. The van der Waals surface area contributed by atoms with Crippen LogP contribution in [-0.2, 0) is 0 Å². The largest absolute Gasteiger partial charge is 0.428 e. The standard InChI is InChI=1S/C5H6N4O2/c6-9-5(10)11-4-3-7-1-2-8-4/h1-3H,6H2,(H,9,10). The third kappa shape index (κ3) is 2.18. The summed E-state index contributed by atoms with van der Waals surface area (Å²) in [5, 5.41) is 0. The normalized spacial score (nSPS) is 8.82. The maximum atomic E-state index is 10.5. The highest BCUT2D eigenvalue weighted by atomic mass is 16.6. The average Bonchev–Trinajstić information content (AvgIpc) is 2.06. The van der Waals surface area contributed by atoms with Gasteiger partial charge >= 0.3 is 6.09 Å². The van der Waals surface area contributed by atoms with Crippen LogP contribution in [0.15, 0.2) is 18.6 Å². The molecule has 0 aliphatic heterocycles. The molecule has 58 valence electrons. The van der Waals surface area contributed by atoms with Crippen LogP contribution in [0.25, 0.3) is 0 Å². The zero-order valence-electron chi connectivity index (χ0n) is 5.52. The summed E-state index contributed by atoms with van der Waals surface area (Å²) in [6.07, 6.45) is 3.40. The van der Waals surface area contributed by atoms with Crippen molar-refractivity contribution < 1.29 is 9.53 Å². The van der Waals surface area contributed by atoms with E-state index in [9.17, 15) is 4.79 Å². The van der Waals surface area contributed by atoms with E-state index in [-0.39, 0.29) is 5.88 Å². The van der Waals surface area contributed by atoms with Crippen molar-refractivity contribution >= 4 is 6.09 Å². The van der Waals surface area contributed by atoms with Gasteiger partial charge < -0.3 is 4.74 Å². The first kappa shape index (κ1) is 7.42. The molecule has 0 fully saturated rings. The maximum Gasteiger partial charge on any atom is 0.428 e. The number of carbonyl (C=O) groups is 1. The molecule has 1 heterocycles. The molecule has 0 radical (unpaired) electrons. The molecule has 6 heteroatoms. The Bertz CT molecular complexity index is 237. The summed E-state index contributed by atoms with van der Waals surface area (Å²) in [5.74, 6) is 4.85. The van der Waals surface area contributed by atoms with E-state index in [1.54, 1.807) is 5.43 Å². The van der Waals surface area contributed by atoms with Crippen LogP contribution in [-0.4, -0.2) is 16.1 Å². The molecule has 3 N–H and O–H groups in total.